The summed E-state index contributed by atoms with van der Waals surface area (Å²) < 4.78 is 18.9. The van der Waals surface area contributed by atoms with Gasteiger partial charge in [0.15, 0.2) is 0 Å². The topological polar surface area (TPSA) is 34.2 Å². The summed E-state index contributed by atoms with van der Waals surface area (Å²) in [7, 11) is 3.38. The predicted molar refractivity (Wildman–Crippen MR) is 68.9 cm³/mol. The van der Waals surface area contributed by atoms with Crippen molar-refractivity contribution >= 4 is 0 Å². The first-order valence-corrected chi connectivity index (χ1v) is 5.67. The summed E-state index contributed by atoms with van der Waals surface area (Å²) in [6, 6.07) is 6.74. The molecule has 1 N–H and O–H groups in total. The summed E-state index contributed by atoms with van der Waals surface area (Å²) >= 11 is 0. The predicted octanol–water partition coefficient (Wildman–Crippen LogP) is 2.62. The summed E-state index contributed by atoms with van der Waals surface area (Å²) in [5.41, 5.74) is 2.31. The zero-order valence-corrected chi connectivity index (χ0v) is 10.4. The van der Waals surface area contributed by atoms with Crippen LogP contribution in [-0.4, -0.2) is 19.1 Å². The molecule has 0 aliphatic heterocycles. The third-order valence-electron chi connectivity index (χ3n) is 2.66. The van der Waals surface area contributed by atoms with Gasteiger partial charge in [-0.05, 0) is 30.8 Å². The standard InChI is InChI=1S/C14H15FN2O/c1-16-7-10-5-11(9-17-8-10)13-4-3-12(18-2)6-14(13)15/h3-6,8-9,16H,7H2,1-2H3. The molecule has 0 saturated heterocycles. The van der Waals surface area contributed by atoms with Crippen LogP contribution in [0.25, 0.3) is 11.1 Å². The van der Waals surface area contributed by atoms with Crippen LogP contribution in [0.15, 0.2) is 36.7 Å². The van der Waals surface area contributed by atoms with Crippen molar-refractivity contribution in [3.63, 3.8) is 0 Å². The van der Waals surface area contributed by atoms with Gasteiger partial charge in [-0.1, -0.05) is 0 Å². The molecule has 0 atom stereocenters. The molecule has 1 aromatic heterocycles. The van der Waals surface area contributed by atoms with Crippen LogP contribution in [-0.2, 0) is 6.54 Å². The number of methoxy groups -OCH3 is 1. The lowest BCUT2D eigenvalue weighted by Gasteiger charge is -2.07. The maximum Gasteiger partial charge on any atom is 0.134 e. The van der Waals surface area contributed by atoms with Crippen molar-refractivity contribution in [3.05, 3.63) is 48.0 Å². The summed E-state index contributed by atoms with van der Waals surface area (Å²) in [5.74, 6) is 0.202. The van der Waals surface area contributed by atoms with E-state index in [0.29, 0.717) is 17.9 Å². The van der Waals surface area contributed by atoms with Gasteiger partial charge in [0.2, 0.25) is 0 Å². The summed E-state index contributed by atoms with van der Waals surface area (Å²) in [6.45, 7) is 0.707. The first-order chi connectivity index (χ1) is 8.74. The largest absolute Gasteiger partial charge is 0.497 e. The van der Waals surface area contributed by atoms with Gasteiger partial charge in [-0.2, -0.15) is 0 Å². The minimum atomic E-state index is -0.308. The van der Waals surface area contributed by atoms with E-state index >= 15 is 0 Å². The first-order valence-electron chi connectivity index (χ1n) is 5.67. The summed E-state index contributed by atoms with van der Waals surface area (Å²) in [5, 5.41) is 3.04. The van der Waals surface area contributed by atoms with Crippen molar-refractivity contribution in [3.8, 4) is 16.9 Å². The van der Waals surface area contributed by atoms with Crippen LogP contribution in [0.5, 0.6) is 5.75 Å². The molecule has 0 unspecified atom stereocenters. The van der Waals surface area contributed by atoms with Crippen molar-refractivity contribution in [1.82, 2.24) is 10.3 Å². The Bertz CT molecular complexity index is 543. The van der Waals surface area contributed by atoms with E-state index in [4.69, 9.17) is 4.74 Å². The van der Waals surface area contributed by atoms with Gasteiger partial charge >= 0.3 is 0 Å². The van der Waals surface area contributed by atoms with Gasteiger partial charge in [0, 0.05) is 36.1 Å². The molecule has 0 spiro atoms. The fourth-order valence-corrected chi connectivity index (χ4v) is 1.79. The van der Waals surface area contributed by atoms with Crippen molar-refractivity contribution in [1.29, 1.82) is 0 Å². The molecule has 2 rings (SSSR count). The van der Waals surface area contributed by atoms with E-state index in [-0.39, 0.29) is 5.82 Å². The number of nitrogens with zero attached hydrogens (tertiary/aromatic N) is 1. The van der Waals surface area contributed by atoms with Crippen molar-refractivity contribution < 1.29 is 9.13 Å². The fraction of sp³-hybridized carbons (Fsp3) is 0.214. The number of rotatable bonds is 4. The van der Waals surface area contributed by atoms with Crippen LogP contribution in [0.1, 0.15) is 5.56 Å². The lowest BCUT2D eigenvalue weighted by Crippen LogP contribution is -2.05. The number of benzene rings is 1. The van der Waals surface area contributed by atoms with E-state index in [2.05, 4.69) is 10.3 Å². The molecule has 0 saturated carbocycles. The van der Waals surface area contributed by atoms with Gasteiger partial charge in [-0.25, -0.2) is 4.39 Å². The molecular formula is C14H15FN2O. The second-order valence-corrected chi connectivity index (χ2v) is 3.96. The van der Waals surface area contributed by atoms with Gasteiger partial charge in [0.05, 0.1) is 7.11 Å². The van der Waals surface area contributed by atoms with Gasteiger partial charge in [-0.3, -0.25) is 4.98 Å². The van der Waals surface area contributed by atoms with Crippen molar-refractivity contribution in [2.24, 2.45) is 0 Å². The number of aromatic nitrogens is 1. The Labute approximate surface area is 106 Å². The van der Waals surface area contributed by atoms with Crippen molar-refractivity contribution in [2.45, 2.75) is 6.54 Å². The number of hydrogen-bond acceptors (Lipinski definition) is 3. The molecular weight excluding hydrogens is 231 g/mol. The number of halogens is 1. The third kappa shape index (κ3) is 2.65. The molecule has 0 radical (unpaired) electrons. The average Bonchev–Trinajstić information content (AvgIpc) is 2.39. The molecule has 1 heterocycles. The van der Waals surface area contributed by atoms with E-state index in [1.807, 2.05) is 13.1 Å². The maximum absolute atomic E-state index is 13.9. The Morgan fingerprint density at radius 1 is 1.28 bits per heavy atom. The fourth-order valence-electron chi connectivity index (χ4n) is 1.79. The first kappa shape index (κ1) is 12.5. The highest BCUT2D eigenvalue weighted by Crippen LogP contribution is 2.26. The van der Waals surface area contributed by atoms with Gasteiger partial charge in [0.1, 0.15) is 11.6 Å². The minimum absolute atomic E-state index is 0.308. The maximum atomic E-state index is 13.9. The number of nitrogens with one attached hydrogen (secondary N) is 1. The number of hydrogen-bond donors (Lipinski definition) is 1. The van der Waals surface area contributed by atoms with E-state index in [9.17, 15) is 4.39 Å². The second-order valence-electron chi connectivity index (χ2n) is 3.96. The van der Waals surface area contributed by atoms with E-state index < -0.39 is 0 Å². The summed E-state index contributed by atoms with van der Waals surface area (Å²) in [4.78, 5) is 4.13. The zero-order valence-electron chi connectivity index (χ0n) is 10.4. The normalized spacial score (nSPS) is 10.4. The average molecular weight is 246 g/mol. The number of ether oxygens (including phenoxy) is 1. The quantitative estimate of drug-likeness (QED) is 0.900. The SMILES string of the molecule is CNCc1cncc(-c2ccc(OC)cc2F)c1. The molecule has 94 valence electrons. The van der Waals surface area contributed by atoms with E-state index in [1.54, 1.807) is 24.5 Å². The third-order valence-corrected chi connectivity index (χ3v) is 2.66. The van der Waals surface area contributed by atoms with E-state index in [1.165, 1.54) is 13.2 Å². The van der Waals surface area contributed by atoms with Crippen LogP contribution in [0, 0.1) is 5.82 Å². The monoisotopic (exact) mass is 246 g/mol. The molecule has 0 aliphatic carbocycles. The molecule has 0 fully saturated rings. The van der Waals surface area contributed by atoms with E-state index in [0.717, 1.165) is 11.1 Å². The smallest absolute Gasteiger partial charge is 0.134 e. The molecule has 1 aromatic carbocycles. The van der Waals surface area contributed by atoms with Crippen LogP contribution in [0.3, 0.4) is 0 Å². The van der Waals surface area contributed by atoms with Gasteiger partial charge in [-0.15, -0.1) is 0 Å². The Balaban J connectivity index is 2.38. The van der Waals surface area contributed by atoms with Crippen LogP contribution < -0.4 is 10.1 Å². The van der Waals surface area contributed by atoms with Crippen LogP contribution >= 0.6 is 0 Å². The number of pyridine rings is 1. The Kier molecular flexibility index (Phi) is 3.89. The van der Waals surface area contributed by atoms with Gasteiger partial charge in [0.25, 0.3) is 0 Å². The molecule has 0 amide bonds. The van der Waals surface area contributed by atoms with Crippen LogP contribution in [0.4, 0.5) is 4.39 Å². The molecule has 3 nitrogen and oxygen atoms in total. The molecule has 18 heavy (non-hydrogen) atoms. The van der Waals surface area contributed by atoms with Crippen molar-refractivity contribution in [2.75, 3.05) is 14.2 Å². The Morgan fingerprint density at radius 2 is 2.11 bits per heavy atom. The highest BCUT2D eigenvalue weighted by atomic mass is 19.1. The Morgan fingerprint density at radius 3 is 2.78 bits per heavy atom. The van der Waals surface area contributed by atoms with Gasteiger partial charge < -0.3 is 10.1 Å². The minimum Gasteiger partial charge on any atom is -0.497 e. The summed E-state index contributed by atoms with van der Waals surface area (Å²) in [6.07, 6.45) is 3.42. The lowest BCUT2D eigenvalue weighted by molar-refractivity contribution is 0.411. The lowest BCUT2D eigenvalue weighted by atomic mass is 10.1. The highest BCUT2D eigenvalue weighted by molar-refractivity contribution is 5.64. The molecule has 0 aliphatic rings. The van der Waals surface area contributed by atoms with Crippen LogP contribution in [0.2, 0.25) is 0 Å². The Hall–Kier alpha value is -1.94. The second kappa shape index (κ2) is 5.60. The molecule has 2 aromatic rings. The molecule has 4 heteroatoms. The highest BCUT2D eigenvalue weighted by Gasteiger charge is 2.07. The molecule has 0 bridgehead atoms. The zero-order chi connectivity index (χ0) is 13.0.